The van der Waals surface area contributed by atoms with Gasteiger partial charge in [0.05, 0.1) is 17.3 Å². The maximum atomic E-state index is 13.8. The molecule has 1 aromatic heterocycles. The van der Waals surface area contributed by atoms with E-state index in [9.17, 15) is 19.1 Å². The number of allylic oxidation sites excluding steroid dienone is 2. The molecule has 5 nitrogen and oxygen atoms in total. The first-order valence-corrected chi connectivity index (χ1v) is 7.86. The molecule has 120 valence electrons. The van der Waals surface area contributed by atoms with Gasteiger partial charge in [0.15, 0.2) is 0 Å². The van der Waals surface area contributed by atoms with E-state index in [1.807, 2.05) is 0 Å². The summed E-state index contributed by atoms with van der Waals surface area (Å²) in [4.78, 5) is 25.8. The van der Waals surface area contributed by atoms with E-state index in [0.29, 0.717) is 21.7 Å². The standard InChI is InChI=1S/C16H14FNO4S/c1-8-9(6-15(20)21)10-5-13(19)11(17)7-12(10)18(8)16(22)14-3-2-4-23-14/h2-5,12,19H,6-7H2,1H3,(H,20,21). The molecule has 0 bridgehead atoms. The van der Waals surface area contributed by atoms with Crippen molar-refractivity contribution in [2.75, 3.05) is 0 Å². The molecule has 7 heteroatoms. The second-order valence-electron chi connectivity index (χ2n) is 5.40. The number of amides is 1. The maximum absolute atomic E-state index is 13.8. The Hall–Kier alpha value is -2.41. The Bertz CT molecular complexity index is 776. The van der Waals surface area contributed by atoms with Crippen LogP contribution in [0.3, 0.4) is 0 Å². The molecule has 1 aromatic rings. The number of carboxylic acid groups (broad SMARTS) is 1. The largest absolute Gasteiger partial charge is 0.505 e. The highest BCUT2D eigenvalue weighted by Gasteiger charge is 2.41. The van der Waals surface area contributed by atoms with Crippen LogP contribution in [0.25, 0.3) is 0 Å². The van der Waals surface area contributed by atoms with Crippen LogP contribution in [0.1, 0.15) is 29.4 Å². The summed E-state index contributed by atoms with van der Waals surface area (Å²) in [6, 6.07) is 2.80. The van der Waals surface area contributed by atoms with Gasteiger partial charge in [0.25, 0.3) is 5.91 Å². The van der Waals surface area contributed by atoms with Crippen LogP contribution in [0, 0.1) is 0 Å². The lowest BCUT2D eigenvalue weighted by Crippen LogP contribution is -2.36. The molecule has 1 atom stereocenters. The first-order valence-electron chi connectivity index (χ1n) is 6.98. The Morgan fingerprint density at radius 1 is 1.48 bits per heavy atom. The topological polar surface area (TPSA) is 77.8 Å². The minimum atomic E-state index is -1.04. The lowest BCUT2D eigenvalue weighted by atomic mass is 9.92. The zero-order valence-electron chi connectivity index (χ0n) is 12.2. The van der Waals surface area contributed by atoms with Crippen LogP contribution in [0.2, 0.25) is 0 Å². The summed E-state index contributed by atoms with van der Waals surface area (Å²) >= 11 is 1.27. The van der Waals surface area contributed by atoms with Gasteiger partial charge in [-0.25, -0.2) is 4.39 Å². The molecule has 2 N–H and O–H groups in total. The number of aliphatic carboxylic acids is 1. The third-order valence-electron chi connectivity index (χ3n) is 4.04. The fraction of sp³-hybridized carbons (Fsp3) is 0.250. The van der Waals surface area contributed by atoms with Gasteiger partial charge in [-0.05, 0) is 35.6 Å². The Morgan fingerprint density at radius 2 is 2.22 bits per heavy atom. The summed E-state index contributed by atoms with van der Waals surface area (Å²) in [5, 5.41) is 20.5. The third-order valence-corrected chi connectivity index (χ3v) is 4.90. The number of carbonyl (C=O) groups is 2. The molecule has 0 saturated heterocycles. The number of aliphatic hydroxyl groups excluding tert-OH is 1. The number of carboxylic acids is 1. The Morgan fingerprint density at radius 3 is 2.83 bits per heavy atom. The summed E-state index contributed by atoms with van der Waals surface area (Å²) in [5.41, 5.74) is 1.43. The number of thiophene rings is 1. The summed E-state index contributed by atoms with van der Waals surface area (Å²) in [6.45, 7) is 1.65. The SMILES string of the molecule is CC1=C(CC(=O)O)C2=CC(O)=C(F)CC2N1C(=O)c1cccs1. The number of halogens is 1. The van der Waals surface area contributed by atoms with Crippen molar-refractivity contribution in [2.45, 2.75) is 25.8 Å². The van der Waals surface area contributed by atoms with Gasteiger partial charge in [-0.1, -0.05) is 6.07 Å². The lowest BCUT2D eigenvalue weighted by molar-refractivity contribution is -0.136. The van der Waals surface area contributed by atoms with E-state index in [1.54, 1.807) is 24.4 Å². The molecule has 1 aliphatic heterocycles. The second kappa shape index (κ2) is 5.66. The van der Waals surface area contributed by atoms with Crippen molar-refractivity contribution in [3.05, 3.63) is 56.9 Å². The highest BCUT2D eigenvalue weighted by molar-refractivity contribution is 7.12. The first-order chi connectivity index (χ1) is 10.9. The van der Waals surface area contributed by atoms with Crippen molar-refractivity contribution < 1.29 is 24.2 Å². The average Bonchev–Trinajstić information content (AvgIpc) is 3.09. The molecule has 3 rings (SSSR count). The van der Waals surface area contributed by atoms with E-state index >= 15 is 0 Å². The molecule has 23 heavy (non-hydrogen) atoms. The smallest absolute Gasteiger partial charge is 0.307 e. The number of fused-ring (bicyclic) bond motifs is 1. The summed E-state index contributed by atoms with van der Waals surface area (Å²) in [6.07, 6.45) is 0.791. The van der Waals surface area contributed by atoms with Gasteiger partial charge in [-0.2, -0.15) is 0 Å². The number of nitrogens with zero attached hydrogens (tertiary/aromatic N) is 1. The molecule has 0 saturated carbocycles. The number of carbonyl (C=O) groups excluding carboxylic acids is 1. The predicted molar refractivity (Wildman–Crippen MR) is 82.7 cm³/mol. The normalized spacial score (nSPS) is 20.7. The zero-order valence-corrected chi connectivity index (χ0v) is 13.1. The van der Waals surface area contributed by atoms with Gasteiger partial charge in [-0.3, -0.25) is 9.59 Å². The van der Waals surface area contributed by atoms with Gasteiger partial charge in [0, 0.05) is 12.1 Å². The number of rotatable bonds is 3. The lowest BCUT2D eigenvalue weighted by Gasteiger charge is -2.28. The van der Waals surface area contributed by atoms with Gasteiger partial charge < -0.3 is 15.1 Å². The fourth-order valence-corrected chi connectivity index (χ4v) is 3.67. The molecule has 0 spiro atoms. The van der Waals surface area contributed by atoms with Crippen molar-refractivity contribution in [1.29, 1.82) is 0 Å². The van der Waals surface area contributed by atoms with Crippen molar-refractivity contribution in [2.24, 2.45) is 0 Å². The molecule has 0 fully saturated rings. The molecule has 0 radical (unpaired) electrons. The fourth-order valence-electron chi connectivity index (χ4n) is 3.01. The van der Waals surface area contributed by atoms with E-state index in [-0.39, 0.29) is 18.7 Å². The number of aliphatic hydroxyl groups is 1. The molecular formula is C16H14FNO4S. The summed E-state index contributed by atoms with van der Waals surface area (Å²) in [7, 11) is 0. The number of hydrogen-bond acceptors (Lipinski definition) is 4. The predicted octanol–water partition coefficient (Wildman–Crippen LogP) is 3.39. The van der Waals surface area contributed by atoms with Crippen molar-refractivity contribution >= 4 is 23.2 Å². The van der Waals surface area contributed by atoms with Crippen molar-refractivity contribution in [1.82, 2.24) is 4.90 Å². The van der Waals surface area contributed by atoms with Crippen LogP contribution >= 0.6 is 11.3 Å². The minimum absolute atomic E-state index is 0.157. The van der Waals surface area contributed by atoms with E-state index < -0.39 is 23.6 Å². The molecule has 2 aliphatic rings. The van der Waals surface area contributed by atoms with Crippen LogP contribution in [-0.2, 0) is 4.79 Å². The Kier molecular flexibility index (Phi) is 3.81. The monoisotopic (exact) mass is 335 g/mol. The van der Waals surface area contributed by atoms with Crippen molar-refractivity contribution in [3.8, 4) is 0 Å². The average molecular weight is 335 g/mol. The van der Waals surface area contributed by atoms with Crippen LogP contribution in [0.5, 0.6) is 0 Å². The minimum Gasteiger partial charge on any atom is -0.505 e. The summed E-state index contributed by atoms with van der Waals surface area (Å²) in [5.74, 6) is -2.54. The van der Waals surface area contributed by atoms with E-state index in [4.69, 9.17) is 5.11 Å². The Balaban J connectivity index is 2.07. The van der Waals surface area contributed by atoms with Crippen LogP contribution in [0.15, 0.2) is 52.0 Å². The van der Waals surface area contributed by atoms with E-state index in [0.717, 1.165) is 0 Å². The van der Waals surface area contributed by atoms with E-state index in [2.05, 4.69) is 0 Å². The van der Waals surface area contributed by atoms with Crippen LogP contribution < -0.4 is 0 Å². The highest BCUT2D eigenvalue weighted by Crippen LogP contribution is 2.42. The van der Waals surface area contributed by atoms with Gasteiger partial charge >= 0.3 is 5.97 Å². The molecule has 1 unspecified atom stereocenters. The quantitative estimate of drug-likeness (QED) is 0.887. The number of hydrogen-bond donors (Lipinski definition) is 2. The molecule has 1 aliphatic carbocycles. The van der Waals surface area contributed by atoms with E-state index in [1.165, 1.54) is 22.3 Å². The second-order valence-corrected chi connectivity index (χ2v) is 6.34. The zero-order chi connectivity index (χ0) is 16.7. The molecule has 0 aromatic carbocycles. The molecular weight excluding hydrogens is 321 g/mol. The van der Waals surface area contributed by atoms with Gasteiger partial charge in [-0.15, -0.1) is 11.3 Å². The summed E-state index contributed by atoms with van der Waals surface area (Å²) < 4.78 is 13.8. The molecule has 2 heterocycles. The molecule has 1 amide bonds. The van der Waals surface area contributed by atoms with Crippen molar-refractivity contribution in [3.63, 3.8) is 0 Å². The van der Waals surface area contributed by atoms with Crippen LogP contribution in [0.4, 0.5) is 4.39 Å². The maximum Gasteiger partial charge on any atom is 0.307 e. The third kappa shape index (κ3) is 2.57. The Labute approximate surface area is 135 Å². The van der Waals surface area contributed by atoms with Gasteiger partial charge in [0.2, 0.25) is 0 Å². The first kappa shape index (κ1) is 15.5. The van der Waals surface area contributed by atoms with Gasteiger partial charge in [0.1, 0.15) is 11.6 Å². The van der Waals surface area contributed by atoms with Crippen LogP contribution in [-0.4, -0.2) is 33.0 Å². The highest BCUT2D eigenvalue weighted by atomic mass is 32.1.